The molecule has 2 N–H and O–H groups in total. The highest BCUT2D eigenvalue weighted by Crippen LogP contribution is 2.30. The zero-order chi connectivity index (χ0) is 17.8. The van der Waals surface area contributed by atoms with Crippen molar-refractivity contribution < 1.29 is 14.3 Å². The Hall–Kier alpha value is -2.35. The number of carbonyl (C=O) groups is 2. The van der Waals surface area contributed by atoms with Crippen molar-refractivity contribution in [3.8, 4) is 11.3 Å². The molecule has 0 aliphatic carbocycles. The molecule has 0 saturated heterocycles. The van der Waals surface area contributed by atoms with E-state index in [4.69, 9.17) is 27.9 Å². The van der Waals surface area contributed by atoms with Gasteiger partial charge < -0.3 is 9.72 Å². The molecular formula is C16H11Cl2N3O3S. The van der Waals surface area contributed by atoms with Crippen LogP contribution in [0.1, 0.15) is 10.5 Å². The molecule has 0 aliphatic heterocycles. The molecule has 6 nitrogen and oxygen atoms in total. The summed E-state index contributed by atoms with van der Waals surface area (Å²) >= 11 is 13.1. The van der Waals surface area contributed by atoms with Crippen LogP contribution in [0.4, 0.5) is 5.13 Å². The fourth-order valence-electron chi connectivity index (χ4n) is 1.94. The van der Waals surface area contributed by atoms with E-state index in [9.17, 15) is 9.59 Å². The van der Waals surface area contributed by atoms with Gasteiger partial charge in [0, 0.05) is 17.1 Å². The summed E-state index contributed by atoms with van der Waals surface area (Å²) in [4.78, 5) is 30.5. The van der Waals surface area contributed by atoms with Gasteiger partial charge in [-0.15, -0.1) is 11.3 Å². The Labute approximate surface area is 156 Å². The van der Waals surface area contributed by atoms with Gasteiger partial charge in [-0.1, -0.05) is 29.3 Å². The lowest BCUT2D eigenvalue weighted by Crippen LogP contribution is -2.20. The zero-order valence-electron chi connectivity index (χ0n) is 12.6. The third kappa shape index (κ3) is 4.39. The number of hydrogen-bond acceptors (Lipinski definition) is 5. The van der Waals surface area contributed by atoms with Crippen LogP contribution in [-0.4, -0.2) is 28.5 Å². The van der Waals surface area contributed by atoms with Crippen LogP contribution >= 0.6 is 34.5 Å². The number of anilines is 1. The molecule has 0 bridgehead atoms. The summed E-state index contributed by atoms with van der Waals surface area (Å²) in [5.41, 5.74) is 1.72. The molecule has 0 radical (unpaired) electrons. The molecule has 9 heteroatoms. The number of esters is 1. The highest BCUT2D eigenvalue weighted by molar-refractivity contribution is 7.14. The number of rotatable bonds is 5. The van der Waals surface area contributed by atoms with Gasteiger partial charge in [-0.05, 0) is 24.3 Å². The summed E-state index contributed by atoms with van der Waals surface area (Å²) in [6.45, 7) is -0.403. The lowest BCUT2D eigenvalue weighted by atomic mass is 10.2. The number of aromatic amines is 1. The summed E-state index contributed by atoms with van der Waals surface area (Å²) < 4.78 is 4.90. The molecule has 1 aromatic carbocycles. The Bertz CT molecular complexity index is 909. The molecule has 3 rings (SSSR count). The lowest BCUT2D eigenvalue weighted by molar-refractivity contribution is -0.119. The van der Waals surface area contributed by atoms with Gasteiger partial charge in [0.25, 0.3) is 5.91 Å². The van der Waals surface area contributed by atoms with E-state index in [1.165, 1.54) is 11.3 Å². The Morgan fingerprint density at radius 1 is 1.24 bits per heavy atom. The van der Waals surface area contributed by atoms with E-state index in [0.717, 1.165) is 5.56 Å². The first-order chi connectivity index (χ1) is 12.0. The Morgan fingerprint density at radius 3 is 2.80 bits per heavy atom. The fourth-order valence-corrected chi connectivity index (χ4v) is 2.97. The highest BCUT2D eigenvalue weighted by atomic mass is 35.5. The zero-order valence-corrected chi connectivity index (χ0v) is 14.9. The highest BCUT2D eigenvalue weighted by Gasteiger charge is 2.13. The molecule has 0 spiro atoms. The quantitative estimate of drug-likeness (QED) is 0.632. The van der Waals surface area contributed by atoms with Crippen LogP contribution in [-0.2, 0) is 9.53 Å². The Kier molecular flexibility index (Phi) is 5.37. The molecule has 0 atom stereocenters. The summed E-state index contributed by atoms with van der Waals surface area (Å²) in [6, 6.07) is 8.38. The van der Waals surface area contributed by atoms with Gasteiger partial charge >= 0.3 is 5.97 Å². The molecule has 0 fully saturated rings. The van der Waals surface area contributed by atoms with Gasteiger partial charge in [0.1, 0.15) is 5.69 Å². The maximum absolute atomic E-state index is 11.9. The second kappa shape index (κ2) is 7.69. The Balaban J connectivity index is 1.58. The molecule has 2 aromatic heterocycles. The number of nitrogens with one attached hydrogen (secondary N) is 2. The fraction of sp³-hybridized carbons (Fsp3) is 0.0625. The van der Waals surface area contributed by atoms with Crippen molar-refractivity contribution in [3.05, 3.63) is 57.6 Å². The number of nitrogens with zero attached hydrogens (tertiary/aromatic N) is 1. The minimum atomic E-state index is -0.601. The molecule has 1 amide bonds. The summed E-state index contributed by atoms with van der Waals surface area (Å²) in [5.74, 6) is -1.08. The normalized spacial score (nSPS) is 10.5. The van der Waals surface area contributed by atoms with Crippen LogP contribution < -0.4 is 5.32 Å². The van der Waals surface area contributed by atoms with Crippen molar-refractivity contribution >= 4 is 51.5 Å². The summed E-state index contributed by atoms with van der Waals surface area (Å²) in [7, 11) is 0. The number of thiazole rings is 1. The number of ether oxygens (including phenoxy) is 1. The van der Waals surface area contributed by atoms with E-state index < -0.39 is 18.5 Å². The van der Waals surface area contributed by atoms with Crippen molar-refractivity contribution in [2.75, 3.05) is 11.9 Å². The van der Waals surface area contributed by atoms with Crippen LogP contribution in [0.5, 0.6) is 0 Å². The first-order valence-corrected chi connectivity index (χ1v) is 8.68. The van der Waals surface area contributed by atoms with E-state index in [0.29, 0.717) is 20.9 Å². The average molecular weight is 396 g/mol. The number of aromatic nitrogens is 2. The third-order valence-corrected chi connectivity index (χ3v) is 4.61. The third-order valence-electron chi connectivity index (χ3n) is 3.12. The monoisotopic (exact) mass is 395 g/mol. The predicted molar refractivity (Wildman–Crippen MR) is 97.3 cm³/mol. The molecule has 0 aliphatic rings. The lowest BCUT2D eigenvalue weighted by Gasteiger charge is -2.03. The number of H-pyrrole nitrogens is 1. The van der Waals surface area contributed by atoms with E-state index >= 15 is 0 Å². The SMILES string of the molecule is O=C(COC(=O)c1ccc[nH]1)Nc1nc(-c2ccc(Cl)c(Cl)c2)cs1. The van der Waals surface area contributed by atoms with Gasteiger partial charge in [0.15, 0.2) is 11.7 Å². The molecule has 0 unspecified atom stereocenters. The molecular weight excluding hydrogens is 385 g/mol. The minimum absolute atomic E-state index is 0.281. The van der Waals surface area contributed by atoms with Crippen LogP contribution in [0, 0.1) is 0 Å². The standard InChI is InChI=1S/C16H11Cl2N3O3S/c17-10-4-3-9(6-11(10)18)13-8-25-16(20-13)21-14(22)7-24-15(23)12-2-1-5-19-12/h1-6,8,19H,7H2,(H,20,21,22). The van der Waals surface area contributed by atoms with E-state index in [-0.39, 0.29) is 5.69 Å². The van der Waals surface area contributed by atoms with Crippen molar-refractivity contribution in [3.63, 3.8) is 0 Å². The van der Waals surface area contributed by atoms with E-state index in [2.05, 4.69) is 15.3 Å². The van der Waals surface area contributed by atoms with Crippen LogP contribution in [0.25, 0.3) is 11.3 Å². The second-order valence-electron chi connectivity index (χ2n) is 4.87. The largest absolute Gasteiger partial charge is 0.451 e. The van der Waals surface area contributed by atoms with Crippen LogP contribution in [0.2, 0.25) is 10.0 Å². The number of carbonyl (C=O) groups excluding carboxylic acids is 2. The van der Waals surface area contributed by atoms with Gasteiger partial charge in [0.2, 0.25) is 0 Å². The van der Waals surface area contributed by atoms with E-state index in [1.807, 2.05) is 0 Å². The first-order valence-electron chi connectivity index (χ1n) is 7.04. The van der Waals surface area contributed by atoms with Gasteiger partial charge in [-0.25, -0.2) is 9.78 Å². The van der Waals surface area contributed by atoms with Crippen molar-refractivity contribution in [1.82, 2.24) is 9.97 Å². The van der Waals surface area contributed by atoms with Gasteiger partial charge in [0.05, 0.1) is 15.7 Å². The molecule has 128 valence electrons. The van der Waals surface area contributed by atoms with E-state index in [1.54, 1.807) is 41.9 Å². The summed E-state index contributed by atoms with van der Waals surface area (Å²) in [6.07, 6.45) is 1.59. The Morgan fingerprint density at radius 2 is 2.08 bits per heavy atom. The maximum Gasteiger partial charge on any atom is 0.355 e. The number of benzene rings is 1. The van der Waals surface area contributed by atoms with Crippen LogP contribution in [0.3, 0.4) is 0 Å². The first kappa shape index (κ1) is 17.5. The number of amides is 1. The van der Waals surface area contributed by atoms with Crippen molar-refractivity contribution in [2.24, 2.45) is 0 Å². The maximum atomic E-state index is 11.9. The number of hydrogen-bond donors (Lipinski definition) is 2. The summed E-state index contributed by atoms with van der Waals surface area (Å²) in [5, 5.41) is 5.63. The van der Waals surface area contributed by atoms with Gasteiger partial charge in [-0.3, -0.25) is 10.1 Å². The topological polar surface area (TPSA) is 84.1 Å². The number of halogens is 2. The molecule has 2 heterocycles. The van der Waals surface area contributed by atoms with Gasteiger partial charge in [-0.2, -0.15) is 0 Å². The van der Waals surface area contributed by atoms with Crippen LogP contribution in [0.15, 0.2) is 41.9 Å². The second-order valence-corrected chi connectivity index (χ2v) is 6.55. The van der Waals surface area contributed by atoms with Crippen molar-refractivity contribution in [2.45, 2.75) is 0 Å². The molecule has 0 saturated carbocycles. The predicted octanol–water partition coefficient (Wildman–Crippen LogP) is 4.24. The van der Waals surface area contributed by atoms with Crippen molar-refractivity contribution in [1.29, 1.82) is 0 Å². The smallest absolute Gasteiger partial charge is 0.355 e. The molecule has 25 heavy (non-hydrogen) atoms. The molecule has 3 aromatic rings. The minimum Gasteiger partial charge on any atom is -0.451 e. The average Bonchev–Trinajstić information content (AvgIpc) is 3.27.